The molecule has 2 nitrogen and oxygen atoms in total. The number of fused-ring (bicyclic) bond motifs is 2. The summed E-state index contributed by atoms with van der Waals surface area (Å²) in [5, 5.41) is 0. The van der Waals surface area contributed by atoms with Crippen LogP contribution in [-0.4, -0.2) is 31.1 Å². The summed E-state index contributed by atoms with van der Waals surface area (Å²) in [5.41, 5.74) is 3.49. The molecule has 2 fully saturated rings. The van der Waals surface area contributed by atoms with E-state index in [0.29, 0.717) is 0 Å². The van der Waals surface area contributed by atoms with Crippen molar-refractivity contribution in [1.29, 1.82) is 0 Å². The van der Waals surface area contributed by atoms with Gasteiger partial charge in [0.15, 0.2) is 0 Å². The second kappa shape index (κ2) is 7.52. The Morgan fingerprint density at radius 3 is 1.96 bits per heavy atom. The van der Waals surface area contributed by atoms with Crippen LogP contribution >= 0.6 is 11.8 Å². The molecule has 2 aliphatic heterocycles. The Kier molecular flexibility index (Phi) is 4.91. The van der Waals surface area contributed by atoms with Crippen LogP contribution in [0.3, 0.4) is 0 Å². The van der Waals surface area contributed by atoms with Crippen LogP contribution in [0.2, 0.25) is 0 Å². The molecule has 1 saturated heterocycles. The second-order valence-electron chi connectivity index (χ2n) is 8.59. The number of likely N-dealkylation sites (tertiary alicyclic amines) is 1. The highest BCUT2D eigenvalue weighted by atomic mass is 32.2. The summed E-state index contributed by atoms with van der Waals surface area (Å²) in [6, 6.07) is 17.7. The minimum atomic E-state index is 0.735. The predicted octanol–water partition coefficient (Wildman–Crippen LogP) is 6.34. The van der Waals surface area contributed by atoms with Crippen molar-refractivity contribution in [3.8, 4) is 0 Å². The molecule has 3 heteroatoms. The van der Waals surface area contributed by atoms with Gasteiger partial charge in [0.2, 0.25) is 0 Å². The summed E-state index contributed by atoms with van der Waals surface area (Å²) in [5.74, 6) is 0. The SMILES string of the molecule is c1ccc2c(c1)Sc1ccccc1N2CCCN1CCC2(CCCC2)CC1. The molecule has 0 atom stereocenters. The first-order valence-electron chi connectivity index (χ1n) is 10.7. The van der Waals surface area contributed by atoms with Crippen molar-refractivity contribution in [3.63, 3.8) is 0 Å². The molecule has 0 radical (unpaired) electrons. The van der Waals surface area contributed by atoms with Gasteiger partial charge in [-0.15, -0.1) is 0 Å². The van der Waals surface area contributed by atoms with E-state index >= 15 is 0 Å². The smallest absolute Gasteiger partial charge is 0.0552 e. The van der Waals surface area contributed by atoms with Gasteiger partial charge in [0, 0.05) is 16.3 Å². The van der Waals surface area contributed by atoms with Crippen LogP contribution in [0.4, 0.5) is 11.4 Å². The summed E-state index contributed by atoms with van der Waals surface area (Å²) >= 11 is 1.91. The van der Waals surface area contributed by atoms with Crippen molar-refractivity contribution in [3.05, 3.63) is 48.5 Å². The fourth-order valence-corrected chi connectivity index (χ4v) is 6.45. The third kappa shape index (κ3) is 3.52. The van der Waals surface area contributed by atoms with Gasteiger partial charge in [0.05, 0.1) is 11.4 Å². The molecule has 1 spiro atoms. The Hall–Kier alpha value is -1.45. The molecule has 1 saturated carbocycles. The number of anilines is 2. The van der Waals surface area contributed by atoms with E-state index in [2.05, 4.69) is 58.3 Å². The lowest BCUT2D eigenvalue weighted by Crippen LogP contribution is -2.40. The highest BCUT2D eigenvalue weighted by Crippen LogP contribution is 2.48. The van der Waals surface area contributed by atoms with Crippen LogP contribution in [0, 0.1) is 5.41 Å². The van der Waals surface area contributed by atoms with Crippen molar-refractivity contribution in [2.45, 2.75) is 54.7 Å². The lowest BCUT2D eigenvalue weighted by Gasteiger charge is -2.40. The average molecular weight is 379 g/mol. The topological polar surface area (TPSA) is 6.48 Å². The monoisotopic (exact) mass is 378 g/mol. The molecule has 2 heterocycles. The maximum absolute atomic E-state index is 2.72. The Morgan fingerprint density at radius 1 is 0.741 bits per heavy atom. The molecular formula is C24H30N2S. The molecule has 142 valence electrons. The molecule has 0 amide bonds. The maximum Gasteiger partial charge on any atom is 0.0552 e. The van der Waals surface area contributed by atoms with Gasteiger partial charge in [-0.1, -0.05) is 48.9 Å². The van der Waals surface area contributed by atoms with Gasteiger partial charge in [0.25, 0.3) is 0 Å². The van der Waals surface area contributed by atoms with Gasteiger partial charge in [-0.05, 0) is 81.4 Å². The Bertz CT molecular complexity index is 741. The van der Waals surface area contributed by atoms with Gasteiger partial charge in [0.1, 0.15) is 0 Å². The molecule has 2 aromatic carbocycles. The van der Waals surface area contributed by atoms with E-state index in [9.17, 15) is 0 Å². The normalized spacial score (nSPS) is 21.3. The van der Waals surface area contributed by atoms with Crippen molar-refractivity contribution < 1.29 is 0 Å². The lowest BCUT2D eigenvalue weighted by molar-refractivity contribution is 0.108. The molecule has 0 unspecified atom stereocenters. The van der Waals surface area contributed by atoms with Crippen LogP contribution < -0.4 is 4.90 Å². The predicted molar refractivity (Wildman–Crippen MR) is 115 cm³/mol. The molecule has 3 aliphatic rings. The van der Waals surface area contributed by atoms with Gasteiger partial charge >= 0.3 is 0 Å². The van der Waals surface area contributed by atoms with Gasteiger partial charge < -0.3 is 9.80 Å². The number of hydrogen-bond donors (Lipinski definition) is 0. The van der Waals surface area contributed by atoms with Crippen molar-refractivity contribution in [1.82, 2.24) is 4.90 Å². The number of benzene rings is 2. The fraction of sp³-hybridized carbons (Fsp3) is 0.500. The minimum Gasteiger partial charge on any atom is -0.340 e. The Morgan fingerprint density at radius 2 is 1.33 bits per heavy atom. The van der Waals surface area contributed by atoms with E-state index in [-0.39, 0.29) is 0 Å². The van der Waals surface area contributed by atoms with Crippen LogP contribution in [0.25, 0.3) is 0 Å². The number of nitrogens with zero attached hydrogens (tertiary/aromatic N) is 2. The van der Waals surface area contributed by atoms with E-state index in [1.54, 1.807) is 0 Å². The van der Waals surface area contributed by atoms with Crippen molar-refractivity contribution >= 4 is 23.1 Å². The highest BCUT2D eigenvalue weighted by Gasteiger charge is 2.36. The van der Waals surface area contributed by atoms with E-state index in [4.69, 9.17) is 0 Å². The number of rotatable bonds is 4. The maximum atomic E-state index is 2.72. The van der Waals surface area contributed by atoms with Gasteiger partial charge in [-0.3, -0.25) is 0 Å². The van der Waals surface area contributed by atoms with Crippen LogP contribution in [0.15, 0.2) is 58.3 Å². The quantitative estimate of drug-likeness (QED) is 0.613. The summed E-state index contributed by atoms with van der Waals surface area (Å²) < 4.78 is 0. The highest BCUT2D eigenvalue weighted by molar-refractivity contribution is 7.99. The molecule has 2 aromatic rings. The van der Waals surface area contributed by atoms with Crippen molar-refractivity contribution in [2.75, 3.05) is 31.1 Å². The van der Waals surface area contributed by atoms with E-state index in [0.717, 1.165) is 12.0 Å². The zero-order valence-electron chi connectivity index (χ0n) is 16.2. The van der Waals surface area contributed by atoms with Gasteiger partial charge in [-0.2, -0.15) is 0 Å². The first-order chi connectivity index (χ1) is 13.3. The zero-order valence-corrected chi connectivity index (χ0v) is 17.0. The molecule has 27 heavy (non-hydrogen) atoms. The second-order valence-corrected chi connectivity index (χ2v) is 9.68. The molecule has 0 aromatic heterocycles. The summed E-state index contributed by atoms with van der Waals surface area (Å²) in [6.45, 7) is 4.99. The molecular weight excluding hydrogens is 348 g/mol. The summed E-state index contributed by atoms with van der Waals surface area (Å²) in [6.07, 6.45) is 10.1. The van der Waals surface area contributed by atoms with Gasteiger partial charge in [-0.25, -0.2) is 0 Å². The van der Waals surface area contributed by atoms with E-state index in [1.807, 2.05) is 11.8 Å². The standard InChI is InChI=1S/C24H30N2S/c1-3-10-22-20(8-1)26(21-9-2-4-11-23(21)27-22)17-7-16-25-18-14-24(15-19-25)12-5-6-13-24/h1-4,8-11H,5-7,12-19H2. The summed E-state index contributed by atoms with van der Waals surface area (Å²) in [4.78, 5) is 8.04. The molecule has 1 aliphatic carbocycles. The Balaban J connectivity index is 1.23. The average Bonchev–Trinajstić information content (AvgIpc) is 3.17. The van der Waals surface area contributed by atoms with Crippen molar-refractivity contribution in [2.24, 2.45) is 5.41 Å². The van der Waals surface area contributed by atoms with Crippen LogP contribution in [0.1, 0.15) is 44.9 Å². The molecule has 0 bridgehead atoms. The summed E-state index contributed by atoms with van der Waals surface area (Å²) in [7, 11) is 0. The third-order valence-electron chi connectivity index (χ3n) is 6.97. The molecule has 0 N–H and O–H groups in total. The Labute approximate surface area is 167 Å². The number of para-hydroxylation sites is 2. The first-order valence-corrected chi connectivity index (χ1v) is 11.5. The van der Waals surface area contributed by atoms with E-state index in [1.165, 1.54) is 85.7 Å². The van der Waals surface area contributed by atoms with Crippen LogP contribution in [-0.2, 0) is 0 Å². The largest absolute Gasteiger partial charge is 0.340 e. The third-order valence-corrected chi connectivity index (χ3v) is 8.10. The molecule has 5 rings (SSSR count). The van der Waals surface area contributed by atoms with Crippen LogP contribution in [0.5, 0.6) is 0 Å². The first kappa shape index (κ1) is 17.6. The number of hydrogen-bond acceptors (Lipinski definition) is 3. The minimum absolute atomic E-state index is 0.735. The number of piperidine rings is 1. The fourth-order valence-electron chi connectivity index (χ4n) is 5.35. The lowest BCUT2D eigenvalue weighted by atomic mass is 9.77. The zero-order chi connectivity index (χ0) is 18.1. The van der Waals surface area contributed by atoms with E-state index < -0.39 is 0 Å².